The predicted octanol–water partition coefficient (Wildman–Crippen LogP) is 3.26. The second-order valence-corrected chi connectivity index (χ2v) is 5.74. The molecule has 21 heavy (non-hydrogen) atoms. The van der Waals surface area contributed by atoms with E-state index in [0.29, 0.717) is 12.3 Å². The van der Waals surface area contributed by atoms with Crippen LogP contribution in [-0.4, -0.2) is 19.1 Å². The van der Waals surface area contributed by atoms with E-state index in [1.54, 1.807) is 11.9 Å². The molecule has 0 aromatic heterocycles. The van der Waals surface area contributed by atoms with Gasteiger partial charge in [0.05, 0.1) is 5.69 Å². The summed E-state index contributed by atoms with van der Waals surface area (Å²) >= 11 is 0. The Bertz CT molecular complexity index is 512. The van der Waals surface area contributed by atoms with Gasteiger partial charge in [-0.3, -0.25) is 4.79 Å². The van der Waals surface area contributed by atoms with Crippen LogP contribution in [0.15, 0.2) is 18.2 Å². The van der Waals surface area contributed by atoms with Gasteiger partial charge in [0.15, 0.2) is 6.10 Å². The van der Waals surface area contributed by atoms with Gasteiger partial charge in [0.2, 0.25) is 0 Å². The number of likely N-dealkylation sites (N-methyl/N-ethyl adjacent to an activating group) is 1. The standard InChI is InChI=1S/C17H26N2O2/c1-5-11(6-2)16(18)12-8-9-15-13(10-12)19(4)17(20)14(7-3)21-15/h8-11,14,16H,5-7,18H2,1-4H3. The third-order valence-electron chi connectivity index (χ3n) is 4.53. The highest BCUT2D eigenvalue weighted by molar-refractivity contribution is 5.99. The molecule has 0 bridgehead atoms. The number of rotatable bonds is 5. The second-order valence-electron chi connectivity index (χ2n) is 5.74. The fraction of sp³-hybridized carbons (Fsp3) is 0.588. The minimum absolute atomic E-state index is 0.00213. The number of benzene rings is 1. The molecule has 2 unspecified atom stereocenters. The van der Waals surface area contributed by atoms with Crippen LogP contribution < -0.4 is 15.4 Å². The Morgan fingerprint density at radius 1 is 1.29 bits per heavy atom. The van der Waals surface area contributed by atoms with E-state index < -0.39 is 0 Å². The fourth-order valence-corrected chi connectivity index (χ4v) is 2.97. The largest absolute Gasteiger partial charge is 0.478 e. The van der Waals surface area contributed by atoms with Crippen LogP contribution in [0.2, 0.25) is 0 Å². The molecule has 2 rings (SSSR count). The zero-order valence-electron chi connectivity index (χ0n) is 13.4. The molecule has 2 atom stereocenters. The SMILES string of the molecule is CCC1Oc2ccc(C(N)C(CC)CC)cc2N(C)C1=O. The Hall–Kier alpha value is -1.55. The number of hydrogen-bond donors (Lipinski definition) is 1. The molecule has 0 radical (unpaired) electrons. The van der Waals surface area contributed by atoms with Crippen LogP contribution in [0.1, 0.15) is 51.6 Å². The third-order valence-corrected chi connectivity index (χ3v) is 4.53. The summed E-state index contributed by atoms with van der Waals surface area (Å²) < 4.78 is 5.78. The molecule has 1 aliphatic heterocycles. The van der Waals surface area contributed by atoms with E-state index >= 15 is 0 Å². The summed E-state index contributed by atoms with van der Waals surface area (Å²) in [7, 11) is 1.80. The van der Waals surface area contributed by atoms with Crippen molar-refractivity contribution < 1.29 is 9.53 Å². The predicted molar refractivity (Wildman–Crippen MR) is 85.6 cm³/mol. The maximum absolute atomic E-state index is 12.2. The van der Waals surface area contributed by atoms with Gasteiger partial charge in [-0.2, -0.15) is 0 Å². The minimum atomic E-state index is -0.374. The van der Waals surface area contributed by atoms with Gasteiger partial charge in [-0.05, 0) is 30.0 Å². The molecule has 4 nitrogen and oxygen atoms in total. The molecule has 1 aliphatic rings. The summed E-state index contributed by atoms with van der Waals surface area (Å²) in [5, 5.41) is 0. The molecule has 0 saturated carbocycles. The van der Waals surface area contributed by atoms with E-state index in [9.17, 15) is 4.79 Å². The van der Waals surface area contributed by atoms with Gasteiger partial charge in [-0.15, -0.1) is 0 Å². The van der Waals surface area contributed by atoms with Crippen molar-refractivity contribution in [2.45, 2.75) is 52.2 Å². The highest BCUT2D eigenvalue weighted by atomic mass is 16.5. The van der Waals surface area contributed by atoms with Crippen LogP contribution in [0.3, 0.4) is 0 Å². The van der Waals surface area contributed by atoms with Gasteiger partial charge >= 0.3 is 0 Å². The summed E-state index contributed by atoms with van der Waals surface area (Å²) in [5.41, 5.74) is 8.28. The smallest absolute Gasteiger partial charge is 0.267 e. The van der Waals surface area contributed by atoms with Gasteiger partial charge in [0, 0.05) is 13.1 Å². The quantitative estimate of drug-likeness (QED) is 0.905. The van der Waals surface area contributed by atoms with Crippen LogP contribution in [0.25, 0.3) is 0 Å². The molecule has 0 aliphatic carbocycles. The normalized spacial score (nSPS) is 19.4. The van der Waals surface area contributed by atoms with E-state index in [4.69, 9.17) is 10.5 Å². The number of fused-ring (bicyclic) bond motifs is 1. The average molecular weight is 290 g/mol. The number of carbonyl (C=O) groups is 1. The first-order chi connectivity index (χ1) is 10.0. The summed E-state index contributed by atoms with van der Waals surface area (Å²) in [6, 6.07) is 5.97. The Morgan fingerprint density at radius 3 is 2.52 bits per heavy atom. The van der Waals surface area contributed by atoms with Crippen molar-refractivity contribution in [1.82, 2.24) is 0 Å². The van der Waals surface area contributed by atoms with Crippen LogP contribution in [0, 0.1) is 5.92 Å². The van der Waals surface area contributed by atoms with Gasteiger partial charge in [-0.25, -0.2) is 0 Å². The topological polar surface area (TPSA) is 55.6 Å². The van der Waals surface area contributed by atoms with E-state index in [1.807, 2.05) is 25.1 Å². The van der Waals surface area contributed by atoms with Crippen LogP contribution >= 0.6 is 0 Å². The van der Waals surface area contributed by atoms with Crippen LogP contribution in [0.5, 0.6) is 5.75 Å². The summed E-state index contributed by atoms with van der Waals surface area (Å²) in [4.78, 5) is 13.9. The minimum Gasteiger partial charge on any atom is -0.478 e. The Labute approximate surface area is 127 Å². The lowest BCUT2D eigenvalue weighted by Crippen LogP contribution is -2.43. The molecular formula is C17H26N2O2. The molecule has 2 N–H and O–H groups in total. The first kappa shape index (κ1) is 15.8. The zero-order chi connectivity index (χ0) is 15.6. The summed E-state index contributed by atoms with van der Waals surface area (Å²) in [6.45, 7) is 6.28. The van der Waals surface area contributed by atoms with Crippen molar-refractivity contribution in [3.05, 3.63) is 23.8 Å². The molecule has 0 spiro atoms. The monoisotopic (exact) mass is 290 g/mol. The van der Waals surface area contributed by atoms with Gasteiger partial charge in [0.1, 0.15) is 5.75 Å². The van der Waals surface area contributed by atoms with E-state index in [1.165, 1.54) is 0 Å². The molecule has 1 heterocycles. The summed E-state index contributed by atoms with van der Waals surface area (Å²) in [5.74, 6) is 1.24. The van der Waals surface area contributed by atoms with Crippen molar-refractivity contribution in [3.8, 4) is 5.75 Å². The first-order valence-corrected chi connectivity index (χ1v) is 7.87. The fourth-order valence-electron chi connectivity index (χ4n) is 2.97. The maximum Gasteiger partial charge on any atom is 0.267 e. The van der Waals surface area contributed by atoms with Gasteiger partial charge < -0.3 is 15.4 Å². The lowest BCUT2D eigenvalue weighted by atomic mass is 9.89. The van der Waals surface area contributed by atoms with Crippen molar-refractivity contribution >= 4 is 11.6 Å². The number of nitrogens with zero attached hydrogens (tertiary/aromatic N) is 1. The Balaban J connectivity index is 2.33. The number of ether oxygens (including phenoxy) is 1. The molecule has 4 heteroatoms. The molecule has 0 saturated heterocycles. The van der Waals surface area contributed by atoms with Crippen molar-refractivity contribution in [2.24, 2.45) is 11.7 Å². The lowest BCUT2D eigenvalue weighted by molar-refractivity contribution is -0.126. The van der Waals surface area contributed by atoms with Crippen LogP contribution in [-0.2, 0) is 4.79 Å². The first-order valence-electron chi connectivity index (χ1n) is 7.87. The molecule has 1 aromatic rings. The molecule has 0 fully saturated rings. The molecule has 1 aromatic carbocycles. The number of carbonyl (C=O) groups excluding carboxylic acids is 1. The number of nitrogens with two attached hydrogens (primary N) is 1. The maximum atomic E-state index is 12.2. The van der Waals surface area contributed by atoms with E-state index in [2.05, 4.69) is 13.8 Å². The van der Waals surface area contributed by atoms with Crippen LogP contribution in [0.4, 0.5) is 5.69 Å². The average Bonchev–Trinajstić information content (AvgIpc) is 2.51. The molecule has 1 amide bonds. The lowest BCUT2D eigenvalue weighted by Gasteiger charge is -2.32. The Kier molecular flexibility index (Phi) is 4.88. The molecular weight excluding hydrogens is 264 g/mol. The van der Waals surface area contributed by atoms with Crippen molar-refractivity contribution in [3.63, 3.8) is 0 Å². The summed E-state index contributed by atoms with van der Waals surface area (Å²) in [6.07, 6.45) is 2.41. The molecule has 116 valence electrons. The van der Waals surface area contributed by atoms with Gasteiger partial charge in [-0.1, -0.05) is 39.7 Å². The number of anilines is 1. The van der Waals surface area contributed by atoms with Crippen molar-refractivity contribution in [1.29, 1.82) is 0 Å². The van der Waals surface area contributed by atoms with E-state index in [0.717, 1.165) is 29.8 Å². The highest BCUT2D eigenvalue weighted by Crippen LogP contribution is 2.37. The Morgan fingerprint density at radius 2 is 1.95 bits per heavy atom. The number of amides is 1. The number of hydrogen-bond acceptors (Lipinski definition) is 3. The van der Waals surface area contributed by atoms with Gasteiger partial charge in [0.25, 0.3) is 5.91 Å². The zero-order valence-corrected chi connectivity index (χ0v) is 13.4. The van der Waals surface area contributed by atoms with E-state index in [-0.39, 0.29) is 18.1 Å². The second kappa shape index (κ2) is 6.48. The third kappa shape index (κ3) is 2.91. The highest BCUT2D eigenvalue weighted by Gasteiger charge is 2.31. The van der Waals surface area contributed by atoms with Crippen molar-refractivity contribution in [2.75, 3.05) is 11.9 Å².